The molecule has 26 heavy (non-hydrogen) atoms. The second-order valence-corrected chi connectivity index (χ2v) is 6.33. The zero-order valence-electron chi connectivity index (χ0n) is 15.1. The highest BCUT2D eigenvalue weighted by Crippen LogP contribution is 2.25. The fourth-order valence-corrected chi connectivity index (χ4v) is 3.04. The molecular formula is C21H23NO4. The number of fused-ring (bicyclic) bond motifs is 1. The van der Waals surface area contributed by atoms with E-state index in [1.54, 1.807) is 38.1 Å². The number of esters is 1. The summed E-state index contributed by atoms with van der Waals surface area (Å²) < 4.78 is 10.6. The van der Waals surface area contributed by atoms with Crippen LogP contribution in [0.2, 0.25) is 0 Å². The number of carbonyl (C=O) groups excluding carboxylic acids is 2. The third-order valence-corrected chi connectivity index (χ3v) is 4.41. The zero-order chi connectivity index (χ0) is 18.5. The van der Waals surface area contributed by atoms with Crippen molar-refractivity contribution in [2.45, 2.75) is 39.2 Å². The standard InChI is InChI=1S/C21H23NO4/c1-3-25-21(24)16-8-11-19(12-9-16)26-14(2)20(23)22-18-10-7-15-5-4-6-17(15)13-18/h7-14H,3-6H2,1-2H3,(H,22,23)/t14-/m1/s1. The van der Waals surface area contributed by atoms with Gasteiger partial charge < -0.3 is 14.8 Å². The molecule has 0 saturated carbocycles. The van der Waals surface area contributed by atoms with Gasteiger partial charge in [-0.15, -0.1) is 0 Å². The number of nitrogens with one attached hydrogen (secondary N) is 1. The zero-order valence-corrected chi connectivity index (χ0v) is 15.1. The molecule has 136 valence electrons. The van der Waals surface area contributed by atoms with Crippen LogP contribution >= 0.6 is 0 Å². The van der Waals surface area contributed by atoms with E-state index in [1.807, 2.05) is 12.1 Å². The molecule has 0 unspecified atom stereocenters. The summed E-state index contributed by atoms with van der Waals surface area (Å²) in [5.41, 5.74) is 3.93. The monoisotopic (exact) mass is 353 g/mol. The molecule has 5 nitrogen and oxygen atoms in total. The Bertz CT molecular complexity index is 798. The normalized spacial score (nSPS) is 13.6. The third-order valence-electron chi connectivity index (χ3n) is 4.41. The van der Waals surface area contributed by atoms with Crippen molar-refractivity contribution in [3.05, 3.63) is 59.2 Å². The van der Waals surface area contributed by atoms with Crippen molar-refractivity contribution in [2.75, 3.05) is 11.9 Å². The van der Waals surface area contributed by atoms with Crippen LogP contribution in [0.1, 0.15) is 41.8 Å². The molecule has 0 heterocycles. The Balaban J connectivity index is 1.58. The Morgan fingerprint density at radius 1 is 1.08 bits per heavy atom. The van der Waals surface area contributed by atoms with Gasteiger partial charge in [0.15, 0.2) is 6.10 Å². The van der Waals surface area contributed by atoms with Crippen LogP contribution in [0.3, 0.4) is 0 Å². The van der Waals surface area contributed by atoms with Gasteiger partial charge >= 0.3 is 5.97 Å². The quantitative estimate of drug-likeness (QED) is 0.803. The minimum absolute atomic E-state index is 0.211. The molecule has 5 heteroatoms. The van der Waals surface area contributed by atoms with Gasteiger partial charge in [-0.05, 0) is 80.6 Å². The molecule has 0 saturated heterocycles. The maximum Gasteiger partial charge on any atom is 0.338 e. The predicted octanol–water partition coefficient (Wildman–Crippen LogP) is 3.76. The molecule has 1 atom stereocenters. The van der Waals surface area contributed by atoms with E-state index in [9.17, 15) is 9.59 Å². The molecule has 2 aromatic carbocycles. The number of hydrogen-bond acceptors (Lipinski definition) is 4. The van der Waals surface area contributed by atoms with Crippen LogP contribution in [0.25, 0.3) is 0 Å². The molecule has 1 aliphatic carbocycles. The van der Waals surface area contributed by atoms with Crippen LogP contribution in [-0.2, 0) is 22.4 Å². The van der Waals surface area contributed by atoms with Gasteiger partial charge in [-0.1, -0.05) is 6.07 Å². The number of aryl methyl sites for hydroxylation is 2. The Kier molecular flexibility index (Phi) is 5.56. The lowest BCUT2D eigenvalue weighted by Gasteiger charge is -2.15. The second kappa shape index (κ2) is 8.04. The number of rotatable bonds is 6. The topological polar surface area (TPSA) is 64.6 Å². The molecule has 1 N–H and O–H groups in total. The fraction of sp³-hybridized carbons (Fsp3) is 0.333. The summed E-state index contributed by atoms with van der Waals surface area (Å²) in [5.74, 6) is -0.0616. The SMILES string of the molecule is CCOC(=O)c1ccc(O[C@H](C)C(=O)Nc2ccc3c(c2)CCC3)cc1. The first-order valence-electron chi connectivity index (χ1n) is 8.93. The van der Waals surface area contributed by atoms with Gasteiger partial charge in [0.2, 0.25) is 0 Å². The average Bonchev–Trinajstić information content (AvgIpc) is 3.10. The van der Waals surface area contributed by atoms with Crippen LogP contribution in [0.15, 0.2) is 42.5 Å². The highest BCUT2D eigenvalue weighted by atomic mass is 16.5. The molecule has 0 radical (unpaired) electrons. The molecule has 0 bridgehead atoms. The third kappa shape index (κ3) is 4.23. The molecule has 2 aromatic rings. The molecule has 1 amide bonds. The lowest BCUT2D eigenvalue weighted by molar-refractivity contribution is -0.122. The highest BCUT2D eigenvalue weighted by molar-refractivity contribution is 5.94. The van der Waals surface area contributed by atoms with E-state index in [1.165, 1.54) is 17.5 Å². The smallest absolute Gasteiger partial charge is 0.338 e. The van der Waals surface area contributed by atoms with Crippen LogP contribution in [0.5, 0.6) is 5.75 Å². The van der Waals surface area contributed by atoms with E-state index in [2.05, 4.69) is 11.4 Å². The maximum absolute atomic E-state index is 12.4. The van der Waals surface area contributed by atoms with Gasteiger partial charge in [-0.2, -0.15) is 0 Å². The van der Waals surface area contributed by atoms with Gasteiger partial charge in [0.05, 0.1) is 12.2 Å². The first-order chi connectivity index (χ1) is 12.6. The Labute approximate surface area is 153 Å². The van der Waals surface area contributed by atoms with Gasteiger partial charge in [-0.25, -0.2) is 4.79 Å². The van der Waals surface area contributed by atoms with Crippen LogP contribution in [-0.4, -0.2) is 24.6 Å². The largest absolute Gasteiger partial charge is 0.481 e. The molecule has 1 aliphatic rings. The number of amides is 1. The molecular weight excluding hydrogens is 330 g/mol. The van der Waals surface area contributed by atoms with E-state index in [-0.39, 0.29) is 11.9 Å². The molecule has 0 aliphatic heterocycles. The van der Waals surface area contributed by atoms with Crippen molar-refractivity contribution in [3.8, 4) is 5.75 Å². The predicted molar refractivity (Wildman–Crippen MR) is 99.6 cm³/mol. The summed E-state index contributed by atoms with van der Waals surface area (Å²) in [6, 6.07) is 12.6. The summed E-state index contributed by atoms with van der Waals surface area (Å²) in [6.07, 6.45) is 2.70. The van der Waals surface area contributed by atoms with Crippen LogP contribution in [0.4, 0.5) is 5.69 Å². The molecule has 0 fully saturated rings. The first-order valence-corrected chi connectivity index (χ1v) is 8.93. The Morgan fingerprint density at radius 3 is 2.54 bits per heavy atom. The summed E-state index contributed by atoms with van der Waals surface area (Å²) in [5, 5.41) is 2.90. The van der Waals surface area contributed by atoms with Gasteiger partial charge in [0.25, 0.3) is 5.91 Å². The van der Waals surface area contributed by atoms with Gasteiger partial charge in [-0.3, -0.25) is 4.79 Å². The summed E-state index contributed by atoms with van der Waals surface area (Å²) in [6.45, 7) is 3.79. The summed E-state index contributed by atoms with van der Waals surface area (Å²) >= 11 is 0. The lowest BCUT2D eigenvalue weighted by atomic mass is 10.1. The second-order valence-electron chi connectivity index (χ2n) is 6.33. The number of hydrogen-bond donors (Lipinski definition) is 1. The van der Waals surface area contributed by atoms with Crippen molar-refractivity contribution < 1.29 is 19.1 Å². The first kappa shape index (κ1) is 18.0. The fourth-order valence-electron chi connectivity index (χ4n) is 3.04. The number of carbonyl (C=O) groups is 2. The van der Waals surface area contributed by atoms with Crippen molar-refractivity contribution in [1.29, 1.82) is 0 Å². The Hall–Kier alpha value is -2.82. The van der Waals surface area contributed by atoms with Crippen LogP contribution < -0.4 is 10.1 Å². The van der Waals surface area contributed by atoms with Crippen molar-refractivity contribution in [3.63, 3.8) is 0 Å². The van der Waals surface area contributed by atoms with Gasteiger partial charge in [0.1, 0.15) is 5.75 Å². The minimum Gasteiger partial charge on any atom is -0.481 e. The van der Waals surface area contributed by atoms with Crippen LogP contribution in [0, 0.1) is 0 Å². The number of ether oxygens (including phenoxy) is 2. The van der Waals surface area contributed by atoms with E-state index in [0.717, 1.165) is 18.5 Å². The van der Waals surface area contributed by atoms with Gasteiger partial charge in [0, 0.05) is 5.69 Å². The van der Waals surface area contributed by atoms with E-state index >= 15 is 0 Å². The van der Waals surface area contributed by atoms with Crippen molar-refractivity contribution in [2.24, 2.45) is 0 Å². The van der Waals surface area contributed by atoms with E-state index < -0.39 is 6.10 Å². The van der Waals surface area contributed by atoms with E-state index in [4.69, 9.17) is 9.47 Å². The number of anilines is 1. The molecule has 0 spiro atoms. The highest BCUT2D eigenvalue weighted by Gasteiger charge is 2.17. The average molecular weight is 353 g/mol. The minimum atomic E-state index is -0.656. The number of benzene rings is 2. The van der Waals surface area contributed by atoms with Crippen molar-refractivity contribution >= 4 is 17.6 Å². The molecule has 0 aromatic heterocycles. The maximum atomic E-state index is 12.4. The summed E-state index contributed by atoms with van der Waals surface area (Å²) in [7, 11) is 0. The molecule has 3 rings (SSSR count). The van der Waals surface area contributed by atoms with E-state index in [0.29, 0.717) is 17.9 Å². The summed E-state index contributed by atoms with van der Waals surface area (Å²) in [4.78, 5) is 24.0. The lowest BCUT2D eigenvalue weighted by Crippen LogP contribution is -2.30. The van der Waals surface area contributed by atoms with Crippen molar-refractivity contribution in [1.82, 2.24) is 0 Å². The Morgan fingerprint density at radius 2 is 1.81 bits per heavy atom.